The summed E-state index contributed by atoms with van der Waals surface area (Å²) in [6.45, 7) is 3.27. The lowest BCUT2D eigenvalue weighted by molar-refractivity contribution is 0.759. The molecule has 0 saturated carbocycles. The fourth-order valence-electron chi connectivity index (χ4n) is 1.10. The molecule has 1 rings (SSSR count). The van der Waals surface area contributed by atoms with E-state index in [0.717, 1.165) is 16.8 Å². The SMILES string of the molecule is CCCCN(C)c1ccc(Br)cn1. The van der Waals surface area contributed by atoms with E-state index in [1.54, 1.807) is 0 Å². The predicted molar refractivity (Wildman–Crippen MR) is 60.1 cm³/mol. The van der Waals surface area contributed by atoms with Gasteiger partial charge in [0.2, 0.25) is 0 Å². The Hall–Kier alpha value is -0.570. The standard InChI is InChI=1S/C10H15BrN2/c1-3-4-7-13(2)10-6-5-9(11)8-12-10/h5-6,8H,3-4,7H2,1-2H3. The topological polar surface area (TPSA) is 16.1 Å². The van der Waals surface area contributed by atoms with Gasteiger partial charge in [-0.25, -0.2) is 4.98 Å². The number of rotatable bonds is 4. The van der Waals surface area contributed by atoms with Crippen molar-refractivity contribution in [1.29, 1.82) is 0 Å². The van der Waals surface area contributed by atoms with E-state index in [1.165, 1.54) is 12.8 Å². The lowest BCUT2D eigenvalue weighted by atomic mass is 10.3. The van der Waals surface area contributed by atoms with E-state index in [1.807, 2.05) is 18.3 Å². The number of aromatic nitrogens is 1. The first kappa shape index (κ1) is 10.5. The zero-order valence-electron chi connectivity index (χ0n) is 8.13. The summed E-state index contributed by atoms with van der Waals surface area (Å²) in [4.78, 5) is 6.49. The molecule has 0 spiro atoms. The summed E-state index contributed by atoms with van der Waals surface area (Å²) in [5, 5.41) is 0. The zero-order valence-corrected chi connectivity index (χ0v) is 9.71. The van der Waals surface area contributed by atoms with Crippen molar-refractivity contribution < 1.29 is 0 Å². The highest BCUT2D eigenvalue weighted by molar-refractivity contribution is 9.10. The first-order valence-electron chi connectivity index (χ1n) is 4.56. The molecule has 0 saturated heterocycles. The Morgan fingerprint density at radius 1 is 1.46 bits per heavy atom. The second kappa shape index (κ2) is 5.22. The van der Waals surface area contributed by atoms with Gasteiger partial charge in [0.25, 0.3) is 0 Å². The van der Waals surface area contributed by atoms with Gasteiger partial charge in [0.1, 0.15) is 5.82 Å². The molecule has 1 aromatic rings. The first-order chi connectivity index (χ1) is 6.24. The van der Waals surface area contributed by atoms with Crippen LogP contribution in [0.3, 0.4) is 0 Å². The van der Waals surface area contributed by atoms with Crippen LogP contribution >= 0.6 is 15.9 Å². The van der Waals surface area contributed by atoms with Crippen molar-refractivity contribution in [3.63, 3.8) is 0 Å². The van der Waals surface area contributed by atoms with Crippen LogP contribution in [0, 0.1) is 0 Å². The van der Waals surface area contributed by atoms with Crippen molar-refractivity contribution in [2.75, 3.05) is 18.5 Å². The molecule has 0 unspecified atom stereocenters. The Morgan fingerprint density at radius 2 is 2.23 bits per heavy atom. The van der Waals surface area contributed by atoms with Crippen LogP contribution < -0.4 is 4.90 Å². The molecule has 1 aromatic heterocycles. The smallest absolute Gasteiger partial charge is 0.128 e. The van der Waals surface area contributed by atoms with Gasteiger partial charge < -0.3 is 4.90 Å². The molecule has 0 aromatic carbocycles. The third-order valence-electron chi connectivity index (χ3n) is 1.95. The van der Waals surface area contributed by atoms with Gasteiger partial charge in [-0.2, -0.15) is 0 Å². The molecule has 0 amide bonds. The molecule has 3 heteroatoms. The molecular formula is C10H15BrN2. The molecule has 2 nitrogen and oxygen atoms in total. The number of halogens is 1. The highest BCUT2D eigenvalue weighted by Crippen LogP contribution is 2.13. The van der Waals surface area contributed by atoms with Crippen molar-refractivity contribution in [1.82, 2.24) is 4.98 Å². The molecule has 0 aliphatic rings. The van der Waals surface area contributed by atoms with Crippen LogP contribution in [0.1, 0.15) is 19.8 Å². The maximum Gasteiger partial charge on any atom is 0.128 e. The van der Waals surface area contributed by atoms with E-state index < -0.39 is 0 Å². The molecule has 0 aliphatic carbocycles. The Morgan fingerprint density at radius 3 is 2.77 bits per heavy atom. The number of pyridine rings is 1. The summed E-state index contributed by atoms with van der Waals surface area (Å²) < 4.78 is 1.03. The number of hydrogen-bond acceptors (Lipinski definition) is 2. The Balaban J connectivity index is 2.55. The molecule has 0 radical (unpaired) electrons. The predicted octanol–water partition coefficient (Wildman–Crippen LogP) is 3.08. The third kappa shape index (κ3) is 3.35. The van der Waals surface area contributed by atoms with Gasteiger partial charge in [-0.15, -0.1) is 0 Å². The van der Waals surface area contributed by atoms with E-state index in [0.29, 0.717) is 0 Å². The fourth-order valence-corrected chi connectivity index (χ4v) is 1.34. The van der Waals surface area contributed by atoms with Crippen molar-refractivity contribution in [3.8, 4) is 0 Å². The maximum absolute atomic E-state index is 4.31. The molecule has 0 atom stereocenters. The molecule has 0 fully saturated rings. The fraction of sp³-hybridized carbons (Fsp3) is 0.500. The molecule has 1 heterocycles. The second-order valence-corrected chi connectivity index (χ2v) is 4.03. The van der Waals surface area contributed by atoms with Crippen molar-refractivity contribution in [3.05, 3.63) is 22.8 Å². The lowest BCUT2D eigenvalue weighted by Gasteiger charge is -2.17. The molecule has 0 N–H and O–H groups in total. The van der Waals surface area contributed by atoms with Crippen LogP contribution in [0.2, 0.25) is 0 Å². The summed E-state index contributed by atoms with van der Waals surface area (Å²) in [5.74, 6) is 1.04. The Bertz CT molecular complexity index is 246. The normalized spacial score (nSPS) is 10.1. The van der Waals surface area contributed by atoms with Gasteiger partial charge in [0.05, 0.1) is 0 Å². The Kier molecular flexibility index (Phi) is 4.22. The van der Waals surface area contributed by atoms with Gasteiger partial charge in [-0.1, -0.05) is 13.3 Å². The summed E-state index contributed by atoms with van der Waals surface area (Å²) in [5.41, 5.74) is 0. The zero-order chi connectivity index (χ0) is 9.68. The average Bonchev–Trinajstić information content (AvgIpc) is 2.15. The minimum Gasteiger partial charge on any atom is -0.360 e. The Labute approximate surface area is 88.1 Å². The van der Waals surface area contributed by atoms with Gasteiger partial charge in [-0.05, 0) is 34.5 Å². The highest BCUT2D eigenvalue weighted by atomic mass is 79.9. The van der Waals surface area contributed by atoms with Crippen molar-refractivity contribution >= 4 is 21.7 Å². The molecular weight excluding hydrogens is 228 g/mol. The van der Waals surface area contributed by atoms with Crippen LogP contribution in [-0.4, -0.2) is 18.6 Å². The summed E-state index contributed by atoms with van der Waals surface area (Å²) in [6, 6.07) is 4.05. The first-order valence-corrected chi connectivity index (χ1v) is 5.36. The summed E-state index contributed by atoms with van der Waals surface area (Å²) >= 11 is 3.37. The minimum atomic E-state index is 1.03. The number of anilines is 1. The molecule has 72 valence electrons. The molecule has 0 aliphatic heterocycles. The van der Waals surface area contributed by atoms with E-state index in [-0.39, 0.29) is 0 Å². The number of hydrogen-bond donors (Lipinski definition) is 0. The number of unbranched alkanes of at least 4 members (excludes halogenated alkanes) is 1. The molecule has 0 bridgehead atoms. The van der Waals surface area contributed by atoms with E-state index >= 15 is 0 Å². The monoisotopic (exact) mass is 242 g/mol. The highest BCUT2D eigenvalue weighted by Gasteiger charge is 1.99. The summed E-state index contributed by atoms with van der Waals surface area (Å²) in [7, 11) is 2.08. The van der Waals surface area contributed by atoms with Gasteiger partial charge >= 0.3 is 0 Å². The maximum atomic E-state index is 4.31. The third-order valence-corrected chi connectivity index (χ3v) is 2.42. The minimum absolute atomic E-state index is 1.03. The second-order valence-electron chi connectivity index (χ2n) is 3.11. The molecule has 13 heavy (non-hydrogen) atoms. The van der Waals surface area contributed by atoms with Gasteiger partial charge in [0.15, 0.2) is 0 Å². The van der Waals surface area contributed by atoms with Crippen molar-refractivity contribution in [2.24, 2.45) is 0 Å². The average molecular weight is 243 g/mol. The van der Waals surface area contributed by atoms with Crippen LogP contribution in [0.4, 0.5) is 5.82 Å². The largest absolute Gasteiger partial charge is 0.360 e. The lowest BCUT2D eigenvalue weighted by Crippen LogP contribution is -2.19. The van der Waals surface area contributed by atoms with E-state index in [4.69, 9.17) is 0 Å². The quantitative estimate of drug-likeness (QED) is 0.807. The van der Waals surface area contributed by atoms with Crippen LogP contribution in [-0.2, 0) is 0 Å². The van der Waals surface area contributed by atoms with Crippen molar-refractivity contribution in [2.45, 2.75) is 19.8 Å². The van der Waals surface area contributed by atoms with E-state index in [9.17, 15) is 0 Å². The van der Waals surface area contributed by atoms with Gasteiger partial charge in [0, 0.05) is 24.3 Å². The van der Waals surface area contributed by atoms with E-state index in [2.05, 4.69) is 39.8 Å². The van der Waals surface area contributed by atoms with Crippen LogP contribution in [0.15, 0.2) is 22.8 Å². The van der Waals surface area contributed by atoms with Gasteiger partial charge in [-0.3, -0.25) is 0 Å². The van der Waals surface area contributed by atoms with Crippen LogP contribution in [0.5, 0.6) is 0 Å². The summed E-state index contributed by atoms with van der Waals surface area (Å²) in [6.07, 6.45) is 4.27. The van der Waals surface area contributed by atoms with Crippen LogP contribution in [0.25, 0.3) is 0 Å². The number of nitrogens with zero attached hydrogens (tertiary/aromatic N) is 2.